The highest BCUT2D eigenvalue weighted by Gasteiger charge is 2.28. The first-order valence-electron chi connectivity index (χ1n) is 4.96. The van der Waals surface area contributed by atoms with Crippen LogP contribution in [0.3, 0.4) is 0 Å². The summed E-state index contributed by atoms with van der Waals surface area (Å²) < 4.78 is 0. The molecule has 1 aliphatic rings. The largest absolute Gasteiger partial charge is 0.315 e. The maximum Gasteiger partial charge on any atom is 0.136 e. The van der Waals surface area contributed by atoms with Gasteiger partial charge in [0.05, 0.1) is 0 Å². The maximum atomic E-state index is 11.2. The number of nitrogens with one attached hydrogen (secondary N) is 1. The van der Waals surface area contributed by atoms with Crippen LogP contribution in [0, 0.1) is 5.92 Å². The molecule has 0 spiro atoms. The second-order valence-electron chi connectivity index (χ2n) is 3.95. The van der Waals surface area contributed by atoms with E-state index in [1.165, 1.54) is 0 Å². The number of hydrogen-bond donors (Lipinski definition) is 1. The number of ketones is 1. The fourth-order valence-corrected chi connectivity index (χ4v) is 1.26. The summed E-state index contributed by atoms with van der Waals surface area (Å²) in [6.45, 7) is 5.24. The van der Waals surface area contributed by atoms with Crippen LogP contribution >= 0.6 is 0 Å². The van der Waals surface area contributed by atoms with Gasteiger partial charge in [0.25, 0.3) is 0 Å². The molecule has 0 amide bonds. The Labute approximate surface area is 74.7 Å². The van der Waals surface area contributed by atoms with Gasteiger partial charge in [-0.25, -0.2) is 0 Å². The van der Waals surface area contributed by atoms with Crippen molar-refractivity contribution in [3.63, 3.8) is 0 Å². The predicted octanol–water partition coefficient (Wildman–Crippen LogP) is 1.74. The molecule has 0 atom stereocenters. The second-order valence-corrected chi connectivity index (χ2v) is 3.95. The van der Waals surface area contributed by atoms with Crippen LogP contribution in [0.1, 0.15) is 39.5 Å². The van der Waals surface area contributed by atoms with Crippen LogP contribution in [0.5, 0.6) is 0 Å². The van der Waals surface area contributed by atoms with Crippen molar-refractivity contribution in [2.75, 3.05) is 6.54 Å². The highest BCUT2D eigenvalue weighted by molar-refractivity contribution is 5.83. The predicted molar refractivity (Wildman–Crippen MR) is 50.1 cm³/mol. The molecule has 70 valence electrons. The Morgan fingerprint density at radius 2 is 2.17 bits per heavy atom. The molecule has 0 bridgehead atoms. The van der Waals surface area contributed by atoms with E-state index >= 15 is 0 Å². The van der Waals surface area contributed by atoms with Gasteiger partial charge in [0.2, 0.25) is 0 Å². The van der Waals surface area contributed by atoms with Gasteiger partial charge in [-0.1, -0.05) is 13.8 Å². The molecule has 0 saturated heterocycles. The van der Waals surface area contributed by atoms with Crippen molar-refractivity contribution in [1.82, 2.24) is 5.32 Å². The summed E-state index contributed by atoms with van der Waals surface area (Å²) in [5.74, 6) is 0.935. The molecule has 1 rings (SSSR count). The van der Waals surface area contributed by atoms with E-state index in [9.17, 15) is 4.79 Å². The zero-order chi connectivity index (χ0) is 8.97. The van der Waals surface area contributed by atoms with E-state index in [0.29, 0.717) is 17.7 Å². The number of Topliss-reactive ketones (excluding diaryl/α,β-unsaturated/α-hetero) is 1. The minimum atomic E-state index is 0.448. The lowest BCUT2D eigenvalue weighted by molar-refractivity contribution is -0.120. The number of carbonyl (C=O) groups is 1. The number of hydrogen-bond acceptors (Lipinski definition) is 2. The molecule has 1 N–H and O–H groups in total. The monoisotopic (exact) mass is 169 g/mol. The molecule has 2 nitrogen and oxygen atoms in total. The number of rotatable bonds is 6. The van der Waals surface area contributed by atoms with Gasteiger partial charge >= 0.3 is 0 Å². The van der Waals surface area contributed by atoms with Gasteiger partial charge in [0, 0.05) is 18.4 Å². The Balaban J connectivity index is 1.91. The van der Waals surface area contributed by atoms with E-state index in [-0.39, 0.29) is 0 Å². The van der Waals surface area contributed by atoms with Crippen LogP contribution in [0.15, 0.2) is 0 Å². The molecular weight excluding hydrogens is 150 g/mol. The van der Waals surface area contributed by atoms with Gasteiger partial charge in [-0.05, 0) is 25.8 Å². The molecule has 0 aromatic rings. The van der Waals surface area contributed by atoms with Gasteiger partial charge in [0.1, 0.15) is 5.78 Å². The molecular formula is C10H19NO. The molecule has 1 fully saturated rings. The second kappa shape index (κ2) is 4.61. The number of carbonyl (C=O) groups excluding carboxylic acids is 1. The summed E-state index contributed by atoms with van der Waals surface area (Å²) in [6.07, 6.45) is 4.09. The summed E-state index contributed by atoms with van der Waals surface area (Å²) in [5, 5.41) is 3.31. The molecule has 0 aliphatic heterocycles. The summed E-state index contributed by atoms with van der Waals surface area (Å²) in [7, 11) is 0. The van der Waals surface area contributed by atoms with Gasteiger partial charge in [0.15, 0.2) is 0 Å². The van der Waals surface area contributed by atoms with Crippen molar-refractivity contribution in [2.24, 2.45) is 5.92 Å². The maximum absolute atomic E-state index is 11.2. The molecule has 1 aliphatic carbocycles. The zero-order valence-electron chi connectivity index (χ0n) is 8.10. The highest BCUT2D eigenvalue weighted by atomic mass is 16.1. The third-order valence-electron chi connectivity index (χ3n) is 2.19. The average molecular weight is 169 g/mol. The first-order chi connectivity index (χ1) is 5.70. The summed E-state index contributed by atoms with van der Waals surface area (Å²) >= 11 is 0. The Kier molecular flexibility index (Phi) is 3.73. The topological polar surface area (TPSA) is 29.1 Å². The van der Waals surface area contributed by atoms with E-state index in [0.717, 1.165) is 32.2 Å². The van der Waals surface area contributed by atoms with Gasteiger partial charge in [-0.3, -0.25) is 4.79 Å². The lowest BCUT2D eigenvalue weighted by Gasteiger charge is -2.06. The Hall–Kier alpha value is -0.370. The molecule has 12 heavy (non-hydrogen) atoms. The van der Waals surface area contributed by atoms with Crippen molar-refractivity contribution in [3.8, 4) is 0 Å². The lowest BCUT2D eigenvalue weighted by atomic mass is 10.1. The van der Waals surface area contributed by atoms with Gasteiger partial charge in [-0.2, -0.15) is 0 Å². The van der Waals surface area contributed by atoms with E-state index in [2.05, 4.69) is 19.2 Å². The first kappa shape index (κ1) is 9.72. The van der Waals surface area contributed by atoms with Crippen molar-refractivity contribution in [3.05, 3.63) is 0 Å². The summed E-state index contributed by atoms with van der Waals surface area (Å²) in [4.78, 5) is 11.2. The Bertz CT molecular complexity index is 150. The van der Waals surface area contributed by atoms with Crippen LogP contribution in [-0.2, 0) is 4.79 Å². The van der Waals surface area contributed by atoms with Crippen LogP contribution in [-0.4, -0.2) is 18.4 Å². The summed E-state index contributed by atoms with van der Waals surface area (Å²) in [5.41, 5.74) is 0. The van der Waals surface area contributed by atoms with Crippen molar-refractivity contribution in [2.45, 2.75) is 45.6 Å². The fourth-order valence-electron chi connectivity index (χ4n) is 1.26. The third kappa shape index (κ3) is 3.86. The van der Waals surface area contributed by atoms with Crippen molar-refractivity contribution >= 4 is 5.78 Å². The van der Waals surface area contributed by atoms with Crippen molar-refractivity contribution in [1.29, 1.82) is 0 Å². The molecule has 1 saturated carbocycles. The van der Waals surface area contributed by atoms with Crippen molar-refractivity contribution < 1.29 is 4.79 Å². The van der Waals surface area contributed by atoms with E-state index < -0.39 is 0 Å². The highest BCUT2D eigenvalue weighted by Crippen LogP contribution is 2.31. The van der Waals surface area contributed by atoms with Crippen LogP contribution in [0.25, 0.3) is 0 Å². The molecule has 2 heteroatoms. The van der Waals surface area contributed by atoms with Crippen LogP contribution < -0.4 is 5.32 Å². The standard InChI is InChI=1S/C10H19NO/c1-8(2)11-7-3-4-10(12)9-5-6-9/h8-9,11H,3-7H2,1-2H3. The van der Waals surface area contributed by atoms with Crippen LogP contribution in [0.4, 0.5) is 0 Å². The fraction of sp³-hybridized carbons (Fsp3) is 0.900. The quantitative estimate of drug-likeness (QED) is 0.614. The SMILES string of the molecule is CC(C)NCCCC(=O)C1CC1. The minimum Gasteiger partial charge on any atom is -0.315 e. The van der Waals surface area contributed by atoms with Gasteiger partial charge in [-0.15, -0.1) is 0 Å². The normalized spacial score (nSPS) is 16.9. The third-order valence-corrected chi connectivity index (χ3v) is 2.19. The Morgan fingerprint density at radius 1 is 1.50 bits per heavy atom. The zero-order valence-corrected chi connectivity index (χ0v) is 8.10. The smallest absolute Gasteiger partial charge is 0.136 e. The van der Waals surface area contributed by atoms with E-state index in [4.69, 9.17) is 0 Å². The molecule has 0 aromatic carbocycles. The molecule has 0 aromatic heterocycles. The molecule has 0 radical (unpaired) electrons. The summed E-state index contributed by atoms with van der Waals surface area (Å²) in [6, 6.07) is 0.543. The van der Waals surface area contributed by atoms with Crippen LogP contribution in [0.2, 0.25) is 0 Å². The average Bonchev–Trinajstić information content (AvgIpc) is 2.79. The Morgan fingerprint density at radius 3 is 2.67 bits per heavy atom. The molecule has 0 heterocycles. The van der Waals surface area contributed by atoms with E-state index in [1.807, 2.05) is 0 Å². The van der Waals surface area contributed by atoms with E-state index in [1.54, 1.807) is 0 Å². The first-order valence-corrected chi connectivity index (χ1v) is 4.96. The molecule has 0 unspecified atom stereocenters. The lowest BCUT2D eigenvalue weighted by Crippen LogP contribution is -2.24. The minimum absolute atomic E-state index is 0.448. The van der Waals surface area contributed by atoms with Gasteiger partial charge < -0.3 is 5.32 Å².